The van der Waals surface area contributed by atoms with Crippen molar-refractivity contribution >= 4 is 22.9 Å². The van der Waals surface area contributed by atoms with Crippen LogP contribution in [0.4, 0.5) is 11.5 Å². The zero-order valence-corrected chi connectivity index (χ0v) is 22.1. The number of piperazine rings is 1. The molecule has 2 unspecified atom stereocenters. The molecule has 2 N–H and O–H groups in total. The average Bonchev–Trinajstić information content (AvgIpc) is 3.55. The van der Waals surface area contributed by atoms with Crippen molar-refractivity contribution in [1.29, 1.82) is 0 Å². The molecule has 198 valence electrons. The lowest BCUT2D eigenvalue weighted by Gasteiger charge is -2.45. The summed E-state index contributed by atoms with van der Waals surface area (Å²) in [7, 11) is 0. The maximum absolute atomic E-state index is 12.0. The van der Waals surface area contributed by atoms with Crippen LogP contribution in [-0.2, 0) is 9.53 Å². The third kappa shape index (κ3) is 4.18. The van der Waals surface area contributed by atoms with Gasteiger partial charge in [0, 0.05) is 68.3 Å². The molecule has 1 aromatic carbocycles. The number of ether oxygens (including phenoxy) is 1. The van der Waals surface area contributed by atoms with Crippen LogP contribution in [-0.4, -0.2) is 73.6 Å². The number of nitrogens with two attached hydrogens (primary N) is 1. The molecule has 0 aliphatic carbocycles. The third-order valence-corrected chi connectivity index (χ3v) is 7.87. The van der Waals surface area contributed by atoms with Gasteiger partial charge in [-0.05, 0) is 51.0 Å². The van der Waals surface area contributed by atoms with Gasteiger partial charge in [-0.25, -0.2) is 9.50 Å². The number of hydrogen-bond donors (Lipinski definition) is 1. The summed E-state index contributed by atoms with van der Waals surface area (Å²) in [4.78, 5) is 20.7. The van der Waals surface area contributed by atoms with E-state index < -0.39 is 0 Å². The van der Waals surface area contributed by atoms with Crippen LogP contribution in [0.15, 0.2) is 48.9 Å². The summed E-state index contributed by atoms with van der Waals surface area (Å²) in [6.07, 6.45) is 5.20. The minimum atomic E-state index is 0.126. The van der Waals surface area contributed by atoms with Crippen LogP contribution in [0, 0.1) is 0 Å². The van der Waals surface area contributed by atoms with Crippen molar-refractivity contribution in [3.8, 4) is 22.5 Å². The number of carbonyl (C=O) groups excluding carboxylic acids is 1. The Kier molecular flexibility index (Phi) is 6.27. The van der Waals surface area contributed by atoms with Crippen molar-refractivity contribution in [3.05, 3.63) is 48.9 Å². The first-order chi connectivity index (χ1) is 18.4. The molecular formula is C28H34N8O2. The van der Waals surface area contributed by atoms with Crippen molar-refractivity contribution in [2.75, 3.05) is 36.9 Å². The molecule has 0 radical (unpaired) electrons. The molecule has 0 saturated carbocycles. The van der Waals surface area contributed by atoms with Gasteiger partial charge in [0.2, 0.25) is 5.91 Å². The van der Waals surface area contributed by atoms with E-state index >= 15 is 0 Å². The van der Waals surface area contributed by atoms with E-state index in [0.29, 0.717) is 18.9 Å². The van der Waals surface area contributed by atoms with Crippen molar-refractivity contribution in [2.45, 2.75) is 51.7 Å². The fourth-order valence-corrected chi connectivity index (χ4v) is 6.13. The lowest BCUT2D eigenvalue weighted by Crippen LogP contribution is -2.58. The highest BCUT2D eigenvalue weighted by Gasteiger charge is 2.31. The molecule has 2 fully saturated rings. The van der Waals surface area contributed by atoms with Gasteiger partial charge in [-0.15, -0.1) is 0 Å². The zero-order chi connectivity index (χ0) is 26.4. The Morgan fingerprint density at radius 3 is 2.53 bits per heavy atom. The summed E-state index contributed by atoms with van der Waals surface area (Å²) >= 11 is 0. The van der Waals surface area contributed by atoms with Gasteiger partial charge in [-0.3, -0.25) is 9.48 Å². The second-order valence-corrected chi connectivity index (χ2v) is 10.4. The second kappa shape index (κ2) is 9.75. The molecule has 1 amide bonds. The SMILES string of the molecule is CC(=O)N1CC(C)N(c2cccc(-c3cc(-c4ccnn4C4CCOCC4)c4c(N)ncnn34)c2)C(C)C1. The van der Waals surface area contributed by atoms with Crippen LogP contribution in [0.2, 0.25) is 0 Å². The summed E-state index contributed by atoms with van der Waals surface area (Å²) in [5, 5.41) is 9.29. The average molecular weight is 515 g/mol. The molecule has 38 heavy (non-hydrogen) atoms. The monoisotopic (exact) mass is 514 g/mol. The lowest BCUT2D eigenvalue weighted by atomic mass is 10.0. The third-order valence-electron chi connectivity index (χ3n) is 7.87. The molecule has 2 saturated heterocycles. The number of amides is 1. The van der Waals surface area contributed by atoms with E-state index in [1.54, 1.807) is 6.92 Å². The molecule has 3 aromatic heterocycles. The van der Waals surface area contributed by atoms with E-state index in [-0.39, 0.29) is 24.0 Å². The summed E-state index contributed by atoms with van der Waals surface area (Å²) in [5.74, 6) is 0.557. The number of anilines is 2. The Hall–Kier alpha value is -3.92. The largest absolute Gasteiger partial charge is 0.382 e. The normalized spacial score (nSPS) is 20.8. The van der Waals surface area contributed by atoms with Crippen molar-refractivity contribution in [3.63, 3.8) is 0 Å². The number of aromatic nitrogens is 5. The maximum atomic E-state index is 12.0. The zero-order valence-electron chi connectivity index (χ0n) is 22.1. The fourth-order valence-electron chi connectivity index (χ4n) is 6.13. The number of nitrogens with zero attached hydrogens (tertiary/aromatic N) is 7. The number of carbonyl (C=O) groups is 1. The number of rotatable bonds is 4. The predicted molar refractivity (Wildman–Crippen MR) is 147 cm³/mol. The lowest BCUT2D eigenvalue weighted by molar-refractivity contribution is -0.130. The van der Waals surface area contributed by atoms with E-state index in [0.717, 1.165) is 59.8 Å². The summed E-state index contributed by atoms with van der Waals surface area (Å²) in [6, 6.07) is 13.4. The molecule has 2 atom stereocenters. The van der Waals surface area contributed by atoms with Gasteiger partial charge in [0.25, 0.3) is 0 Å². The molecule has 2 aliphatic rings. The molecule has 10 heteroatoms. The number of hydrogen-bond acceptors (Lipinski definition) is 7. The van der Waals surface area contributed by atoms with E-state index in [2.05, 4.69) is 68.9 Å². The van der Waals surface area contributed by atoms with Gasteiger partial charge in [0.1, 0.15) is 11.8 Å². The van der Waals surface area contributed by atoms with Crippen molar-refractivity contribution < 1.29 is 9.53 Å². The van der Waals surface area contributed by atoms with Crippen LogP contribution in [0.25, 0.3) is 28.0 Å². The maximum Gasteiger partial charge on any atom is 0.219 e. The highest BCUT2D eigenvalue weighted by molar-refractivity contribution is 5.91. The number of fused-ring (bicyclic) bond motifs is 1. The molecule has 4 aromatic rings. The van der Waals surface area contributed by atoms with Crippen LogP contribution in [0.3, 0.4) is 0 Å². The first-order valence-electron chi connectivity index (χ1n) is 13.3. The van der Waals surface area contributed by atoms with E-state index in [1.807, 2.05) is 21.7 Å². The van der Waals surface area contributed by atoms with E-state index in [4.69, 9.17) is 10.5 Å². The van der Waals surface area contributed by atoms with Crippen LogP contribution < -0.4 is 10.6 Å². The topological polar surface area (TPSA) is 107 Å². The number of benzene rings is 1. The summed E-state index contributed by atoms with van der Waals surface area (Å²) in [6.45, 7) is 8.89. The van der Waals surface area contributed by atoms with Gasteiger partial charge in [-0.1, -0.05) is 12.1 Å². The van der Waals surface area contributed by atoms with Gasteiger partial charge < -0.3 is 20.3 Å². The van der Waals surface area contributed by atoms with Crippen molar-refractivity contribution in [2.24, 2.45) is 0 Å². The van der Waals surface area contributed by atoms with Gasteiger partial charge >= 0.3 is 0 Å². The summed E-state index contributed by atoms with van der Waals surface area (Å²) < 4.78 is 9.57. The quantitative estimate of drug-likeness (QED) is 0.443. The first-order valence-corrected chi connectivity index (χ1v) is 13.3. The van der Waals surface area contributed by atoms with Crippen molar-refractivity contribution in [1.82, 2.24) is 29.3 Å². The molecule has 6 rings (SSSR count). The molecule has 0 bridgehead atoms. The molecule has 10 nitrogen and oxygen atoms in total. The number of nitrogen functional groups attached to an aromatic ring is 1. The highest BCUT2D eigenvalue weighted by Crippen LogP contribution is 2.38. The standard InChI is InChI=1S/C28H34N8O2/c1-18-15-33(20(3)37)16-19(2)34(18)23-6-4-5-21(13-23)26-14-24(27-28(29)30-17-32-36(26)27)25-7-10-31-35(25)22-8-11-38-12-9-22/h4-7,10,13-14,17-19,22H,8-9,11-12,15-16H2,1-3H3,(H2,29,30,32). The highest BCUT2D eigenvalue weighted by atomic mass is 16.5. The molecule has 2 aliphatic heterocycles. The second-order valence-electron chi connectivity index (χ2n) is 10.4. The minimum absolute atomic E-state index is 0.126. The van der Waals surface area contributed by atoms with Crippen LogP contribution in [0.5, 0.6) is 0 Å². The fraction of sp³-hybridized carbons (Fsp3) is 0.429. The first kappa shape index (κ1) is 24.4. The Balaban J connectivity index is 1.43. The molecule has 5 heterocycles. The Bertz CT molecular complexity index is 1460. The minimum Gasteiger partial charge on any atom is -0.382 e. The van der Waals surface area contributed by atoms with Crippen LogP contribution >= 0.6 is 0 Å². The van der Waals surface area contributed by atoms with E-state index in [9.17, 15) is 4.79 Å². The molecular weight excluding hydrogens is 480 g/mol. The predicted octanol–water partition coefficient (Wildman–Crippen LogP) is 3.64. The molecule has 0 spiro atoms. The Labute approximate surface area is 222 Å². The van der Waals surface area contributed by atoms with E-state index in [1.165, 1.54) is 6.33 Å². The van der Waals surface area contributed by atoms with Gasteiger partial charge in [0.15, 0.2) is 5.82 Å². The van der Waals surface area contributed by atoms with Crippen LogP contribution in [0.1, 0.15) is 39.7 Å². The summed E-state index contributed by atoms with van der Waals surface area (Å²) in [5.41, 5.74) is 12.3. The van der Waals surface area contributed by atoms with Gasteiger partial charge in [0.05, 0.1) is 17.4 Å². The Morgan fingerprint density at radius 2 is 1.79 bits per heavy atom. The van der Waals surface area contributed by atoms with Gasteiger partial charge in [-0.2, -0.15) is 10.2 Å². The Morgan fingerprint density at radius 1 is 1.03 bits per heavy atom. The smallest absolute Gasteiger partial charge is 0.219 e.